The van der Waals surface area contributed by atoms with Crippen LogP contribution in [0, 0.1) is 0 Å². The summed E-state index contributed by atoms with van der Waals surface area (Å²) in [5, 5.41) is 9.93. The molecule has 1 heterocycles. The molecule has 0 aliphatic heterocycles. The number of benzene rings is 1. The predicted molar refractivity (Wildman–Crippen MR) is 69.5 cm³/mol. The van der Waals surface area contributed by atoms with E-state index in [0.717, 1.165) is 0 Å². The number of hydrogen-bond donors (Lipinski definition) is 2. The molecule has 0 saturated heterocycles. The Hall–Kier alpha value is -2.22. The van der Waals surface area contributed by atoms with E-state index in [-0.39, 0.29) is 15.2 Å². The average Bonchev–Trinajstić information content (AvgIpc) is 2.35. The molecule has 0 unspecified atom stereocenters. The second kappa shape index (κ2) is 5.28. The lowest BCUT2D eigenvalue weighted by Crippen LogP contribution is -2.34. The lowest BCUT2D eigenvalue weighted by Gasteiger charge is -2.13. The normalized spacial score (nSPS) is 11.6. The molecule has 0 radical (unpaired) electrons. The lowest BCUT2D eigenvalue weighted by molar-refractivity contribution is -0.142. The van der Waals surface area contributed by atoms with Crippen LogP contribution in [0.4, 0.5) is 13.2 Å². The van der Waals surface area contributed by atoms with Crippen LogP contribution in [0.2, 0.25) is 5.02 Å². The molecule has 0 aliphatic carbocycles. The number of aromatic hydroxyl groups is 1. The van der Waals surface area contributed by atoms with Crippen LogP contribution in [-0.4, -0.2) is 20.8 Å². The minimum absolute atomic E-state index is 0.0221. The van der Waals surface area contributed by atoms with E-state index >= 15 is 0 Å². The van der Waals surface area contributed by atoms with Crippen LogP contribution in [0.3, 0.4) is 0 Å². The standard InChI is InChI=1S/C12H8ClF3N2O3/c13-7-4-2-1-3-6(7)8-9(19)17-11(21)18(10(8)20)5-12(14,15)16/h1-4,20H,5H2,(H,17,19,21). The van der Waals surface area contributed by atoms with Gasteiger partial charge in [0.25, 0.3) is 5.56 Å². The number of aromatic amines is 1. The van der Waals surface area contributed by atoms with Gasteiger partial charge >= 0.3 is 11.9 Å². The van der Waals surface area contributed by atoms with Gasteiger partial charge in [0.1, 0.15) is 12.1 Å². The highest BCUT2D eigenvalue weighted by Gasteiger charge is 2.31. The van der Waals surface area contributed by atoms with Crippen LogP contribution >= 0.6 is 11.6 Å². The monoisotopic (exact) mass is 320 g/mol. The summed E-state index contributed by atoms with van der Waals surface area (Å²) >= 11 is 5.85. The largest absolute Gasteiger partial charge is 0.494 e. The molecule has 2 N–H and O–H groups in total. The number of aromatic nitrogens is 2. The van der Waals surface area contributed by atoms with Crippen molar-refractivity contribution in [2.75, 3.05) is 0 Å². The summed E-state index contributed by atoms with van der Waals surface area (Å²) in [6, 6.07) is 5.77. The summed E-state index contributed by atoms with van der Waals surface area (Å²) < 4.78 is 37.3. The summed E-state index contributed by atoms with van der Waals surface area (Å²) in [6.07, 6.45) is -4.74. The van der Waals surface area contributed by atoms with Gasteiger partial charge < -0.3 is 5.11 Å². The third kappa shape index (κ3) is 3.10. The van der Waals surface area contributed by atoms with Crippen LogP contribution in [0.25, 0.3) is 11.1 Å². The van der Waals surface area contributed by atoms with Crippen molar-refractivity contribution in [1.29, 1.82) is 0 Å². The third-order valence-corrected chi connectivity index (χ3v) is 2.98. The van der Waals surface area contributed by atoms with Crippen LogP contribution < -0.4 is 11.2 Å². The molecule has 21 heavy (non-hydrogen) atoms. The summed E-state index contributed by atoms with van der Waals surface area (Å²) in [5.74, 6) is -1.09. The molecule has 0 spiro atoms. The third-order valence-electron chi connectivity index (χ3n) is 2.65. The van der Waals surface area contributed by atoms with Crippen molar-refractivity contribution in [2.45, 2.75) is 12.7 Å². The molecule has 1 aromatic carbocycles. The first kappa shape index (κ1) is 15.2. The predicted octanol–water partition coefficient (Wildman–Crippen LogP) is 2.12. The van der Waals surface area contributed by atoms with E-state index in [2.05, 4.69) is 0 Å². The fourth-order valence-electron chi connectivity index (χ4n) is 1.79. The Balaban J connectivity index is 2.74. The Kier molecular flexibility index (Phi) is 3.82. The van der Waals surface area contributed by atoms with Gasteiger partial charge in [0.2, 0.25) is 5.88 Å². The Morgan fingerprint density at radius 3 is 2.43 bits per heavy atom. The van der Waals surface area contributed by atoms with Gasteiger partial charge in [0.15, 0.2) is 0 Å². The van der Waals surface area contributed by atoms with E-state index in [1.165, 1.54) is 18.2 Å². The second-order valence-corrected chi connectivity index (χ2v) is 4.55. The Morgan fingerprint density at radius 2 is 1.86 bits per heavy atom. The molecule has 0 saturated carbocycles. The number of nitrogens with one attached hydrogen (secondary N) is 1. The summed E-state index contributed by atoms with van der Waals surface area (Å²) in [5.41, 5.74) is -2.85. The van der Waals surface area contributed by atoms with Crippen LogP contribution in [-0.2, 0) is 6.54 Å². The average molecular weight is 321 g/mol. The fourth-order valence-corrected chi connectivity index (χ4v) is 2.02. The van der Waals surface area contributed by atoms with Crippen molar-refractivity contribution in [3.63, 3.8) is 0 Å². The molecule has 0 aliphatic rings. The van der Waals surface area contributed by atoms with Crippen molar-refractivity contribution in [1.82, 2.24) is 9.55 Å². The van der Waals surface area contributed by atoms with Gasteiger partial charge in [0, 0.05) is 10.6 Å². The molecule has 112 valence electrons. The van der Waals surface area contributed by atoms with E-state index in [9.17, 15) is 27.9 Å². The first-order valence-electron chi connectivity index (χ1n) is 5.58. The Morgan fingerprint density at radius 1 is 1.24 bits per heavy atom. The first-order valence-corrected chi connectivity index (χ1v) is 5.96. The SMILES string of the molecule is O=c1[nH]c(=O)n(CC(F)(F)F)c(O)c1-c1ccccc1Cl. The molecule has 0 atom stereocenters. The Bertz CT molecular complexity index is 796. The molecular formula is C12H8ClF3N2O3. The van der Waals surface area contributed by atoms with Crippen LogP contribution in [0.1, 0.15) is 0 Å². The Labute approximate surface area is 120 Å². The van der Waals surface area contributed by atoms with Crippen molar-refractivity contribution in [3.8, 4) is 17.0 Å². The minimum Gasteiger partial charge on any atom is -0.494 e. The molecule has 5 nitrogen and oxygen atoms in total. The molecule has 9 heteroatoms. The molecule has 0 fully saturated rings. The van der Waals surface area contributed by atoms with Gasteiger partial charge in [-0.15, -0.1) is 0 Å². The molecule has 2 aromatic rings. The van der Waals surface area contributed by atoms with E-state index in [1.807, 2.05) is 0 Å². The highest BCUT2D eigenvalue weighted by molar-refractivity contribution is 6.33. The maximum absolute atomic E-state index is 12.4. The highest BCUT2D eigenvalue weighted by Crippen LogP contribution is 2.31. The molecule has 0 amide bonds. The maximum Gasteiger partial charge on any atom is 0.406 e. The summed E-state index contributed by atoms with van der Waals surface area (Å²) in [4.78, 5) is 24.9. The summed E-state index contributed by atoms with van der Waals surface area (Å²) in [7, 11) is 0. The van der Waals surface area contributed by atoms with E-state index < -0.39 is 35.4 Å². The van der Waals surface area contributed by atoms with E-state index in [1.54, 1.807) is 11.1 Å². The zero-order valence-corrected chi connectivity index (χ0v) is 11.0. The zero-order chi connectivity index (χ0) is 15.8. The quantitative estimate of drug-likeness (QED) is 0.890. The van der Waals surface area contributed by atoms with Crippen molar-refractivity contribution in [3.05, 3.63) is 50.1 Å². The minimum atomic E-state index is -4.74. The molecule has 2 rings (SSSR count). The molecule has 0 bridgehead atoms. The summed E-state index contributed by atoms with van der Waals surface area (Å²) in [6.45, 7) is -1.73. The van der Waals surface area contributed by atoms with Gasteiger partial charge in [-0.25, -0.2) is 4.79 Å². The van der Waals surface area contributed by atoms with Crippen molar-refractivity contribution < 1.29 is 18.3 Å². The number of hydrogen-bond acceptors (Lipinski definition) is 3. The van der Waals surface area contributed by atoms with Gasteiger partial charge in [-0.3, -0.25) is 14.3 Å². The lowest BCUT2D eigenvalue weighted by atomic mass is 10.1. The zero-order valence-electron chi connectivity index (χ0n) is 10.2. The number of nitrogens with zero attached hydrogens (tertiary/aromatic N) is 1. The number of rotatable bonds is 2. The van der Waals surface area contributed by atoms with Gasteiger partial charge in [-0.1, -0.05) is 29.8 Å². The van der Waals surface area contributed by atoms with E-state index in [0.29, 0.717) is 0 Å². The molecule has 1 aromatic heterocycles. The number of alkyl halides is 3. The number of H-pyrrole nitrogens is 1. The van der Waals surface area contributed by atoms with Crippen LogP contribution in [0.5, 0.6) is 5.88 Å². The number of halogens is 4. The molecular weight excluding hydrogens is 313 g/mol. The fraction of sp³-hybridized carbons (Fsp3) is 0.167. The van der Waals surface area contributed by atoms with Crippen molar-refractivity contribution >= 4 is 11.6 Å². The van der Waals surface area contributed by atoms with Crippen LogP contribution in [0.15, 0.2) is 33.9 Å². The van der Waals surface area contributed by atoms with E-state index in [4.69, 9.17) is 11.6 Å². The van der Waals surface area contributed by atoms with Gasteiger partial charge in [0.05, 0.1) is 0 Å². The first-order chi connectivity index (χ1) is 9.70. The highest BCUT2D eigenvalue weighted by atomic mass is 35.5. The smallest absolute Gasteiger partial charge is 0.406 e. The van der Waals surface area contributed by atoms with Gasteiger partial charge in [-0.05, 0) is 6.07 Å². The topological polar surface area (TPSA) is 75.1 Å². The van der Waals surface area contributed by atoms with Gasteiger partial charge in [-0.2, -0.15) is 13.2 Å². The van der Waals surface area contributed by atoms with Crippen molar-refractivity contribution in [2.24, 2.45) is 0 Å². The second-order valence-electron chi connectivity index (χ2n) is 4.14. The maximum atomic E-state index is 12.4.